The smallest absolute Gasteiger partial charge is 0.225 e. The van der Waals surface area contributed by atoms with Gasteiger partial charge in [-0.25, -0.2) is 9.97 Å². The zero-order valence-electron chi connectivity index (χ0n) is 8.89. The quantitative estimate of drug-likeness (QED) is 0.843. The van der Waals surface area contributed by atoms with E-state index in [1.54, 1.807) is 6.07 Å². The summed E-state index contributed by atoms with van der Waals surface area (Å²) in [4.78, 5) is 7.75. The molecule has 1 aromatic carbocycles. The summed E-state index contributed by atoms with van der Waals surface area (Å²) in [6.45, 7) is 0.624. The Bertz CT molecular complexity index is 548. The SMILES string of the molecule is N#Cc1cc(NCc2ccccc2)nc(Cl)n1. The molecule has 0 bridgehead atoms. The molecule has 0 spiro atoms. The second-order valence-electron chi connectivity index (χ2n) is 3.36. The van der Waals surface area contributed by atoms with Crippen molar-refractivity contribution >= 4 is 17.4 Å². The Morgan fingerprint density at radius 1 is 1.24 bits per heavy atom. The van der Waals surface area contributed by atoms with E-state index in [1.807, 2.05) is 36.4 Å². The minimum absolute atomic E-state index is 0.0691. The number of anilines is 1. The number of rotatable bonds is 3. The van der Waals surface area contributed by atoms with Crippen LogP contribution in [-0.2, 0) is 6.54 Å². The number of halogens is 1. The molecule has 0 saturated heterocycles. The van der Waals surface area contributed by atoms with Gasteiger partial charge >= 0.3 is 0 Å². The van der Waals surface area contributed by atoms with Crippen molar-refractivity contribution in [1.82, 2.24) is 9.97 Å². The first-order chi connectivity index (χ1) is 8.28. The molecule has 0 aliphatic heterocycles. The monoisotopic (exact) mass is 244 g/mol. The summed E-state index contributed by atoms with van der Waals surface area (Å²) in [6, 6.07) is 13.4. The first-order valence-electron chi connectivity index (χ1n) is 5.00. The van der Waals surface area contributed by atoms with Gasteiger partial charge in [0, 0.05) is 12.6 Å². The lowest BCUT2D eigenvalue weighted by Gasteiger charge is -2.05. The van der Waals surface area contributed by atoms with Crippen molar-refractivity contribution in [2.75, 3.05) is 5.32 Å². The highest BCUT2D eigenvalue weighted by Gasteiger charge is 2.01. The second kappa shape index (κ2) is 5.28. The van der Waals surface area contributed by atoms with Crippen molar-refractivity contribution in [2.24, 2.45) is 0 Å². The zero-order valence-corrected chi connectivity index (χ0v) is 9.65. The van der Waals surface area contributed by atoms with Crippen molar-refractivity contribution in [2.45, 2.75) is 6.54 Å². The number of aromatic nitrogens is 2. The molecule has 0 aliphatic carbocycles. The van der Waals surface area contributed by atoms with Gasteiger partial charge in [0.2, 0.25) is 5.28 Å². The topological polar surface area (TPSA) is 61.6 Å². The number of nitrogens with zero attached hydrogens (tertiary/aromatic N) is 3. The lowest BCUT2D eigenvalue weighted by Crippen LogP contribution is -2.02. The summed E-state index contributed by atoms with van der Waals surface area (Å²) in [6.07, 6.45) is 0. The van der Waals surface area contributed by atoms with Crippen LogP contribution >= 0.6 is 11.6 Å². The molecule has 2 aromatic rings. The summed E-state index contributed by atoms with van der Waals surface area (Å²) in [5, 5.41) is 11.9. The van der Waals surface area contributed by atoms with E-state index in [2.05, 4.69) is 15.3 Å². The molecule has 84 valence electrons. The van der Waals surface area contributed by atoms with Crippen LogP contribution in [0.5, 0.6) is 0 Å². The minimum atomic E-state index is 0.0691. The van der Waals surface area contributed by atoms with E-state index in [1.165, 1.54) is 0 Å². The molecule has 0 fully saturated rings. The predicted molar refractivity (Wildman–Crippen MR) is 65.5 cm³/mol. The Balaban J connectivity index is 2.10. The molecule has 4 nitrogen and oxygen atoms in total. The van der Waals surface area contributed by atoms with Crippen molar-refractivity contribution in [1.29, 1.82) is 5.26 Å². The van der Waals surface area contributed by atoms with Crippen LogP contribution < -0.4 is 5.32 Å². The molecule has 1 heterocycles. The van der Waals surface area contributed by atoms with Gasteiger partial charge in [0.25, 0.3) is 0 Å². The number of nitriles is 1. The summed E-state index contributed by atoms with van der Waals surface area (Å²) in [5.41, 5.74) is 1.38. The molecular weight excluding hydrogens is 236 g/mol. The molecule has 0 saturated carbocycles. The molecule has 2 rings (SSSR count). The normalized spacial score (nSPS) is 9.65. The van der Waals surface area contributed by atoms with Gasteiger partial charge in [-0.05, 0) is 17.2 Å². The summed E-state index contributed by atoms with van der Waals surface area (Å²) >= 11 is 5.70. The lowest BCUT2D eigenvalue weighted by atomic mass is 10.2. The average molecular weight is 245 g/mol. The van der Waals surface area contributed by atoms with Gasteiger partial charge in [0.15, 0.2) is 0 Å². The lowest BCUT2D eigenvalue weighted by molar-refractivity contribution is 1.07. The van der Waals surface area contributed by atoms with Gasteiger partial charge in [-0.15, -0.1) is 0 Å². The minimum Gasteiger partial charge on any atom is -0.366 e. The number of hydrogen-bond acceptors (Lipinski definition) is 4. The Labute approximate surface area is 104 Å². The number of hydrogen-bond donors (Lipinski definition) is 1. The fourth-order valence-corrected chi connectivity index (χ4v) is 1.54. The number of benzene rings is 1. The maximum absolute atomic E-state index is 8.75. The van der Waals surface area contributed by atoms with Crippen LogP contribution in [0.4, 0.5) is 5.82 Å². The van der Waals surface area contributed by atoms with E-state index in [4.69, 9.17) is 16.9 Å². The molecule has 5 heteroatoms. The van der Waals surface area contributed by atoms with Gasteiger partial charge in [-0.3, -0.25) is 0 Å². The van der Waals surface area contributed by atoms with Crippen LogP contribution in [0.2, 0.25) is 5.28 Å². The van der Waals surface area contributed by atoms with E-state index in [0.717, 1.165) is 5.56 Å². The fraction of sp³-hybridized carbons (Fsp3) is 0.0833. The van der Waals surface area contributed by atoms with Gasteiger partial charge in [0.1, 0.15) is 17.6 Å². The first kappa shape index (κ1) is 11.4. The number of nitrogens with one attached hydrogen (secondary N) is 1. The van der Waals surface area contributed by atoms with Crippen LogP contribution in [0.3, 0.4) is 0 Å². The van der Waals surface area contributed by atoms with Crippen LogP contribution in [0.15, 0.2) is 36.4 Å². The van der Waals surface area contributed by atoms with Crippen LogP contribution in [0.25, 0.3) is 0 Å². The zero-order chi connectivity index (χ0) is 12.1. The molecule has 0 atom stereocenters. The largest absolute Gasteiger partial charge is 0.366 e. The average Bonchev–Trinajstić information content (AvgIpc) is 2.37. The van der Waals surface area contributed by atoms with Crippen molar-refractivity contribution in [3.63, 3.8) is 0 Å². The molecule has 0 amide bonds. The van der Waals surface area contributed by atoms with Gasteiger partial charge < -0.3 is 5.32 Å². The van der Waals surface area contributed by atoms with E-state index < -0.39 is 0 Å². The second-order valence-corrected chi connectivity index (χ2v) is 3.70. The van der Waals surface area contributed by atoms with Crippen molar-refractivity contribution in [3.8, 4) is 6.07 Å². The highest BCUT2D eigenvalue weighted by Crippen LogP contribution is 2.11. The highest BCUT2D eigenvalue weighted by molar-refractivity contribution is 6.28. The molecule has 0 unspecified atom stereocenters. The summed E-state index contributed by atoms with van der Waals surface area (Å²) in [7, 11) is 0. The Morgan fingerprint density at radius 3 is 2.71 bits per heavy atom. The van der Waals surface area contributed by atoms with Crippen LogP contribution in [0.1, 0.15) is 11.3 Å². The summed E-state index contributed by atoms with van der Waals surface area (Å²) in [5.74, 6) is 0.547. The fourth-order valence-electron chi connectivity index (χ4n) is 1.35. The molecular formula is C12H9ClN4. The van der Waals surface area contributed by atoms with E-state index in [9.17, 15) is 0 Å². The third-order valence-corrected chi connectivity index (χ3v) is 2.30. The molecule has 0 radical (unpaired) electrons. The highest BCUT2D eigenvalue weighted by atomic mass is 35.5. The van der Waals surface area contributed by atoms with Gasteiger partial charge in [-0.2, -0.15) is 5.26 Å². The molecule has 1 aromatic heterocycles. The van der Waals surface area contributed by atoms with E-state index >= 15 is 0 Å². The molecule has 0 aliphatic rings. The third-order valence-electron chi connectivity index (χ3n) is 2.13. The molecule has 1 N–H and O–H groups in total. The Kier molecular flexibility index (Phi) is 3.53. The van der Waals surface area contributed by atoms with Crippen LogP contribution in [-0.4, -0.2) is 9.97 Å². The van der Waals surface area contributed by atoms with E-state index in [-0.39, 0.29) is 11.0 Å². The standard InChI is InChI=1S/C12H9ClN4/c13-12-16-10(7-14)6-11(17-12)15-8-9-4-2-1-3-5-9/h1-6H,8H2,(H,15,16,17). The third kappa shape index (κ3) is 3.16. The Morgan fingerprint density at radius 2 is 2.00 bits per heavy atom. The maximum atomic E-state index is 8.75. The van der Waals surface area contributed by atoms with Crippen molar-refractivity contribution < 1.29 is 0 Å². The molecule has 17 heavy (non-hydrogen) atoms. The van der Waals surface area contributed by atoms with E-state index in [0.29, 0.717) is 12.4 Å². The van der Waals surface area contributed by atoms with Gasteiger partial charge in [-0.1, -0.05) is 30.3 Å². The predicted octanol–water partition coefficient (Wildman–Crippen LogP) is 2.61. The van der Waals surface area contributed by atoms with Crippen LogP contribution in [0, 0.1) is 11.3 Å². The summed E-state index contributed by atoms with van der Waals surface area (Å²) < 4.78 is 0. The van der Waals surface area contributed by atoms with Crippen molar-refractivity contribution in [3.05, 3.63) is 52.9 Å². The first-order valence-corrected chi connectivity index (χ1v) is 5.38. The maximum Gasteiger partial charge on any atom is 0.225 e. The Hall–Kier alpha value is -2.12. The van der Waals surface area contributed by atoms with Gasteiger partial charge in [0.05, 0.1) is 0 Å².